The van der Waals surface area contributed by atoms with Gasteiger partial charge in [-0.15, -0.1) is 12.4 Å². The fourth-order valence-electron chi connectivity index (χ4n) is 2.80. The first kappa shape index (κ1) is 20.2. The van der Waals surface area contributed by atoms with Gasteiger partial charge in [-0.1, -0.05) is 11.8 Å². The molecular weight excluding hydrogens is 332 g/mol. The topological polar surface area (TPSA) is 58.1 Å². The van der Waals surface area contributed by atoms with Crippen LogP contribution in [0.15, 0.2) is 11.2 Å². The van der Waals surface area contributed by atoms with Gasteiger partial charge in [0.1, 0.15) is 0 Å². The molecule has 1 saturated heterocycles. The van der Waals surface area contributed by atoms with E-state index in [1.54, 1.807) is 0 Å². The molecule has 1 aromatic rings. The summed E-state index contributed by atoms with van der Waals surface area (Å²) in [5.41, 5.74) is 1.90. The summed E-state index contributed by atoms with van der Waals surface area (Å²) in [5.74, 6) is 1.40. The molecule has 0 atom stereocenters. The Hall–Kier alpha value is -0.850. The Morgan fingerprint density at radius 2 is 1.91 bits per heavy atom. The van der Waals surface area contributed by atoms with E-state index < -0.39 is 0 Å². The average molecular weight is 359 g/mol. The molecule has 0 radical (unpaired) electrons. The van der Waals surface area contributed by atoms with Crippen LogP contribution in [0.5, 0.6) is 0 Å². The summed E-state index contributed by atoms with van der Waals surface area (Å²) in [5, 5.41) is 3.90. The fourth-order valence-corrected chi connectivity index (χ4v) is 3.65. The molecule has 1 aliphatic heterocycles. The minimum atomic E-state index is 0. The van der Waals surface area contributed by atoms with Gasteiger partial charge < -0.3 is 10.2 Å². The zero-order valence-electron chi connectivity index (χ0n) is 14.2. The van der Waals surface area contributed by atoms with Crippen LogP contribution in [0.1, 0.15) is 30.7 Å². The van der Waals surface area contributed by atoms with Gasteiger partial charge in [0.2, 0.25) is 5.91 Å². The van der Waals surface area contributed by atoms with Crippen LogP contribution in [-0.4, -0.2) is 53.2 Å². The molecule has 1 N–H and O–H groups in total. The van der Waals surface area contributed by atoms with Crippen molar-refractivity contribution in [3.63, 3.8) is 0 Å². The number of nitrogens with zero attached hydrogens (tertiary/aromatic N) is 3. The molecule has 2 rings (SSSR count). The highest BCUT2D eigenvalue weighted by Gasteiger charge is 2.22. The summed E-state index contributed by atoms with van der Waals surface area (Å²) in [6.45, 7) is 6.76. The number of aromatic nitrogens is 2. The summed E-state index contributed by atoms with van der Waals surface area (Å²) >= 11 is 1.44. The molecule has 0 aliphatic carbocycles. The van der Waals surface area contributed by atoms with Gasteiger partial charge in [0.25, 0.3) is 0 Å². The Morgan fingerprint density at radius 1 is 1.30 bits per heavy atom. The number of nitrogens with one attached hydrogen (secondary N) is 1. The van der Waals surface area contributed by atoms with Crippen molar-refractivity contribution >= 4 is 30.1 Å². The van der Waals surface area contributed by atoms with Gasteiger partial charge in [-0.3, -0.25) is 4.79 Å². The number of piperidine rings is 1. The predicted molar refractivity (Wildman–Crippen MR) is 97.3 cm³/mol. The van der Waals surface area contributed by atoms with Crippen LogP contribution >= 0.6 is 24.2 Å². The van der Waals surface area contributed by atoms with Crippen LogP contribution in [0.3, 0.4) is 0 Å². The lowest BCUT2D eigenvalue weighted by molar-refractivity contribution is -0.129. The quantitative estimate of drug-likeness (QED) is 0.625. The van der Waals surface area contributed by atoms with Crippen molar-refractivity contribution in [1.82, 2.24) is 20.2 Å². The second kappa shape index (κ2) is 10.1. The third-order valence-corrected chi connectivity index (χ3v) is 4.89. The minimum absolute atomic E-state index is 0. The van der Waals surface area contributed by atoms with E-state index in [9.17, 15) is 4.79 Å². The maximum absolute atomic E-state index is 12.3. The lowest BCUT2D eigenvalue weighted by Crippen LogP contribution is -2.39. The van der Waals surface area contributed by atoms with Gasteiger partial charge in [-0.05, 0) is 58.7 Å². The lowest BCUT2D eigenvalue weighted by Gasteiger charge is -2.32. The number of likely N-dealkylation sites (tertiary alicyclic amines) is 1. The Balaban J connectivity index is 0.00000264. The molecule has 0 aromatic carbocycles. The maximum Gasteiger partial charge on any atom is 0.233 e. The maximum atomic E-state index is 12.3. The van der Waals surface area contributed by atoms with Gasteiger partial charge in [0.15, 0.2) is 5.16 Å². The first-order valence-corrected chi connectivity index (χ1v) is 8.94. The molecule has 130 valence electrons. The molecule has 0 saturated carbocycles. The summed E-state index contributed by atoms with van der Waals surface area (Å²) < 4.78 is 0. The third-order valence-electron chi connectivity index (χ3n) is 4.06. The highest BCUT2D eigenvalue weighted by molar-refractivity contribution is 7.99. The minimum Gasteiger partial charge on any atom is -0.342 e. The number of rotatable bonds is 6. The number of hydrogen-bond donors (Lipinski definition) is 1. The Labute approximate surface area is 149 Å². The molecule has 1 aromatic heterocycles. The number of carbonyl (C=O) groups excluding carboxylic acids is 1. The zero-order valence-corrected chi connectivity index (χ0v) is 15.8. The Bertz CT molecular complexity index is 487. The fraction of sp³-hybridized carbons (Fsp3) is 0.688. The number of thioether (sulfide) groups is 1. The molecule has 7 heteroatoms. The van der Waals surface area contributed by atoms with Crippen LogP contribution < -0.4 is 5.32 Å². The SMILES string of the molecule is CNCCC1CCN(C(=O)CSc2nc(C)cc(C)n2)CC1.Cl. The second-order valence-corrected chi connectivity index (χ2v) is 6.88. The van der Waals surface area contributed by atoms with Crippen molar-refractivity contribution in [3.8, 4) is 0 Å². The van der Waals surface area contributed by atoms with Crippen molar-refractivity contribution in [3.05, 3.63) is 17.5 Å². The van der Waals surface area contributed by atoms with Gasteiger partial charge >= 0.3 is 0 Å². The highest BCUT2D eigenvalue weighted by Crippen LogP contribution is 2.21. The molecule has 2 heterocycles. The second-order valence-electron chi connectivity index (χ2n) is 5.94. The molecule has 0 unspecified atom stereocenters. The van der Waals surface area contributed by atoms with Crippen molar-refractivity contribution in [2.24, 2.45) is 5.92 Å². The Kier molecular flexibility index (Phi) is 8.87. The van der Waals surface area contributed by atoms with Crippen LogP contribution in [0, 0.1) is 19.8 Å². The largest absolute Gasteiger partial charge is 0.342 e. The summed E-state index contributed by atoms with van der Waals surface area (Å²) in [6, 6.07) is 1.95. The monoisotopic (exact) mass is 358 g/mol. The first-order valence-electron chi connectivity index (χ1n) is 7.96. The van der Waals surface area contributed by atoms with E-state index in [-0.39, 0.29) is 18.3 Å². The van der Waals surface area contributed by atoms with E-state index in [0.29, 0.717) is 10.9 Å². The first-order chi connectivity index (χ1) is 10.6. The highest BCUT2D eigenvalue weighted by atomic mass is 35.5. The molecule has 1 amide bonds. The number of carbonyl (C=O) groups is 1. The van der Waals surface area contributed by atoms with E-state index in [1.807, 2.05) is 31.9 Å². The van der Waals surface area contributed by atoms with Crippen LogP contribution in [0.4, 0.5) is 0 Å². The van der Waals surface area contributed by atoms with E-state index in [2.05, 4.69) is 15.3 Å². The molecule has 5 nitrogen and oxygen atoms in total. The van der Waals surface area contributed by atoms with Crippen LogP contribution in [-0.2, 0) is 4.79 Å². The number of halogens is 1. The summed E-state index contributed by atoms with van der Waals surface area (Å²) in [4.78, 5) is 23.0. The smallest absolute Gasteiger partial charge is 0.233 e. The van der Waals surface area contributed by atoms with Gasteiger partial charge in [-0.25, -0.2) is 9.97 Å². The number of aryl methyl sites for hydroxylation is 2. The molecule has 1 fully saturated rings. The number of hydrogen-bond acceptors (Lipinski definition) is 5. The molecule has 0 bridgehead atoms. The van der Waals surface area contributed by atoms with Gasteiger partial charge in [-0.2, -0.15) is 0 Å². The van der Waals surface area contributed by atoms with Crippen LogP contribution in [0.25, 0.3) is 0 Å². The van der Waals surface area contributed by atoms with E-state index >= 15 is 0 Å². The van der Waals surface area contributed by atoms with Crippen molar-refractivity contribution in [1.29, 1.82) is 0 Å². The average Bonchev–Trinajstić information content (AvgIpc) is 2.50. The van der Waals surface area contributed by atoms with E-state index in [0.717, 1.165) is 49.8 Å². The Morgan fingerprint density at radius 3 is 2.48 bits per heavy atom. The van der Waals surface area contributed by atoms with Gasteiger partial charge in [0, 0.05) is 24.5 Å². The number of amides is 1. The summed E-state index contributed by atoms with van der Waals surface area (Å²) in [6.07, 6.45) is 3.46. The van der Waals surface area contributed by atoms with Crippen LogP contribution in [0.2, 0.25) is 0 Å². The normalized spacial score (nSPS) is 15.3. The van der Waals surface area contributed by atoms with Crippen molar-refractivity contribution in [2.45, 2.75) is 38.3 Å². The molecule has 1 aliphatic rings. The standard InChI is InChI=1S/C16H26N4OS.ClH/c1-12-10-13(2)19-16(18-12)22-11-15(21)20-8-5-14(6-9-20)4-7-17-3;/h10,14,17H,4-9,11H2,1-3H3;1H. The zero-order chi connectivity index (χ0) is 15.9. The van der Waals surface area contributed by atoms with Crippen molar-refractivity contribution < 1.29 is 4.79 Å². The van der Waals surface area contributed by atoms with E-state index in [4.69, 9.17) is 0 Å². The van der Waals surface area contributed by atoms with E-state index in [1.165, 1.54) is 18.2 Å². The lowest BCUT2D eigenvalue weighted by atomic mass is 9.93. The predicted octanol–water partition coefficient (Wildman–Crippen LogP) is 2.46. The molecule has 23 heavy (non-hydrogen) atoms. The molecule has 0 spiro atoms. The van der Waals surface area contributed by atoms with Crippen molar-refractivity contribution in [2.75, 3.05) is 32.4 Å². The third kappa shape index (κ3) is 6.65. The summed E-state index contributed by atoms with van der Waals surface area (Å²) in [7, 11) is 1.99. The van der Waals surface area contributed by atoms with Gasteiger partial charge in [0.05, 0.1) is 5.75 Å². The molecular formula is C16H27ClN4OS.